The monoisotopic (exact) mass is 244 g/mol. The van der Waals surface area contributed by atoms with Crippen LogP contribution in [0.2, 0.25) is 0 Å². The first kappa shape index (κ1) is 14.6. The van der Waals surface area contributed by atoms with Crippen LogP contribution in [-0.2, 0) is 4.74 Å². The molecule has 0 fully saturated rings. The van der Waals surface area contributed by atoms with Gasteiger partial charge < -0.3 is 10.5 Å². The van der Waals surface area contributed by atoms with Crippen LogP contribution in [0.5, 0.6) is 0 Å². The second-order valence-corrected chi connectivity index (χ2v) is 4.12. The van der Waals surface area contributed by atoms with Gasteiger partial charge in [-0.25, -0.2) is 0 Å². The molecule has 1 atom stereocenters. The van der Waals surface area contributed by atoms with E-state index in [9.17, 15) is 13.2 Å². The fraction of sp³-hybridized carbons (Fsp3) is 0.875. The highest BCUT2D eigenvalue weighted by atomic mass is 32.2. The molecule has 0 aliphatic heterocycles. The van der Waals surface area contributed by atoms with Crippen molar-refractivity contribution in [2.75, 3.05) is 25.2 Å². The van der Waals surface area contributed by atoms with Crippen molar-refractivity contribution in [2.45, 2.75) is 12.6 Å². The molecule has 0 bridgehead atoms. The molecule has 7 heteroatoms. The summed E-state index contributed by atoms with van der Waals surface area (Å²) in [5.74, 6) is -2.26. The number of nitrogens with one attached hydrogen (secondary N) is 1. The first-order valence-corrected chi connectivity index (χ1v) is 5.52. The van der Waals surface area contributed by atoms with E-state index in [4.69, 9.17) is 15.9 Å². The van der Waals surface area contributed by atoms with Crippen LogP contribution in [0.25, 0.3) is 0 Å². The van der Waals surface area contributed by atoms with Crippen molar-refractivity contribution in [1.29, 1.82) is 5.41 Å². The lowest BCUT2D eigenvalue weighted by molar-refractivity contribution is -0.149. The summed E-state index contributed by atoms with van der Waals surface area (Å²) in [5.41, 5.74) is 4.89. The number of halogens is 3. The molecule has 0 aromatic rings. The quantitative estimate of drug-likeness (QED) is 0.408. The third kappa shape index (κ3) is 6.62. The zero-order valence-corrected chi connectivity index (χ0v) is 9.25. The second kappa shape index (κ2) is 6.95. The fourth-order valence-electron chi connectivity index (χ4n) is 0.867. The van der Waals surface area contributed by atoms with Gasteiger partial charge >= 0.3 is 6.18 Å². The summed E-state index contributed by atoms with van der Waals surface area (Å²) in [6.45, 7) is 0.532. The average molecular weight is 244 g/mol. The summed E-state index contributed by atoms with van der Waals surface area (Å²) in [7, 11) is 1.54. The van der Waals surface area contributed by atoms with Gasteiger partial charge in [-0.15, -0.1) is 0 Å². The zero-order chi connectivity index (χ0) is 11.9. The lowest BCUT2D eigenvalue weighted by atomic mass is 10.1. The van der Waals surface area contributed by atoms with Gasteiger partial charge in [0.25, 0.3) is 0 Å². The SMILES string of the molecule is COCCCSCC(C(=N)N)C(F)(F)F. The summed E-state index contributed by atoms with van der Waals surface area (Å²) in [4.78, 5) is 0. The van der Waals surface area contributed by atoms with Gasteiger partial charge in [0.15, 0.2) is 0 Å². The minimum atomic E-state index is -4.42. The molecule has 0 aromatic heterocycles. The van der Waals surface area contributed by atoms with Crippen molar-refractivity contribution in [3.63, 3.8) is 0 Å². The van der Waals surface area contributed by atoms with Gasteiger partial charge in [0.05, 0.1) is 0 Å². The standard InChI is InChI=1S/C8H15F3N2OS/c1-14-3-2-4-15-5-6(7(12)13)8(9,10)11/h6H,2-5H2,1H3,(H3,12,13). The van der Waals surface area contributed by atoms with E-state index < -0.39 is 17.9 Å². The third-order valence-electron chi connectivity index (χ3n) is 1.69. The predicted octanol–water partition coefficient (Wildman–Crippen LogP) is 1.87. The minimum absolute atomic E-state index is 0.192. The van der Waals surface area contributed by atoms with Crippen LogP contribution in [0.1, 0.15) is 6.42 Å². The Balaban J connectivity index is 3.84. The lowest BCUT2D eigenvalue weighted by Gasteiger charge is -2.18. The van der Waals surface area contributed by atoms with Crippen LogP contribution in [0.3, 0.4) is 0 Å². The highest BCUT2D eigenvalue weighted by Crippen LogP contribution is 2.29. The van der Waals surface area contributed by atoms with Crippen molar-refractivity contribution >= 4 is 17.6 Å². The number of hydrogen-bond acceptors (Lipinski definition) is 3. The maximum absolute atomic E-state index is 12.3. The summed E-state index contributed by atoms with van der Waals surface area (Å²) in [6, 6.07) is 0. The average Bonchev–Trinajstić information content (AvgIpc) is 2.08. The Hall–Kier alpha value is -0.430. The van der Waals surface area contributed by atoms with E-state index in [0.717, 1.165) is 11.8 Å². The molecule has 3 N–H and O–H groups in total. The Labute approximate surface area is 91.1 Å². The molecular weight excluding hydrogens is 229 g/mol. The van der Waals surface area contributed by atoms with Crippen LogP contribution >= 0.6 is 11.8 Å². The van der Waals surface area contributed by atoms with E-state index in [2.05, 4.69) is 0 Å². The maximum atomic E-state index is 12.3. The van der Waals surface area contributed by atoms with Crippen molar-refractivity contribution in [3.8, 4) is 0 Å². The van der Waals surface area contributed by atoms with Crippen LogP contribution in [0.4, 0.5) is 13.2 Å². The van der Waals surface area contributed by atoms with Gasteiger partial charge in [-0.05, 0) is 12.2 Å². The van der Waals surface area contributed by atoms with Crippen molar-refractivity contribution in [1.82, 2.24) is 0 Å². The van der Waals surface area contributed by atoms with Crippen molar-refractivity contribution in [2.24, 2.45) is 11.7 Å². The number of amidine groups is 1. The van der Waals surface area contributed by atoms with E-state index >= 15 is 0 Å². The molecule has 15 heavy (non-hydrogen) atoms. The molecule has 1 unspecified atom stereocenters. The Bertz CT molecular complexity index is 199. The Morgan fingerprint density at radius 1 is 1.53 bits per heavy atom. The number of alkyl halides is 3. The predicted molar refractivity (Wildman–Crippen MR) is 55.3 cm³/mol. The first-order chi connectivity index (χ1) is 6.89. The molecule has 0 aliphatic carbocycles. The van der Waals surface area contributed by atoms with Crippen LogP contribution in [0, 0.1) is 11.3 Å². The molecule has 0 saturated heterocycles. The van der Waals surface area contributed by atoms with Gasteiger partial charge in [0, 0.05) is 19.5 Å². The molecule has 3 nitrogen and oxygen atoms in total. The molecule has 0 aromatic carbocycles. The van der Waals surface area contributed by atoms with E-state index in [-0.39, 0.29) is 5.75 Å². The van der Waals surface area contributed by atoms with Gasteiger partial charge in [0.2, 0.25) is 0 Å². The molecular formula is C8H15F3N2OS. The Morgan fingerprint density at radius 2 is 2.13 bits per heavy atom. The van der Waals surface area contributed by atoms with E-state index in [1.54, 1.807) is 7.11 Å². The summed E-state index contributed by atoms with van der Waals surface area (Å²) >= 11 is 1.14. The van der Waals surface area contributed by atoms with Crippen molar-refractivity contribution in [3.05, 3.63) is 0 Å². The van der Waals surface area contributed by atoms with Crippen LogP contribution in [-0.4, -0.2) is 37.2 Å². The summed E-state index contributed by atoms with van der Waals surface area (Å²) < 4.78 is 41.6. The lowest BCUT2D eigenvalue weighted by Crippen LogP contribution is -2.37. The number of rotatable bonds is 7. The van der Waals surface area contributed by atoms with Crippen LogP contribution < -0.4 is 5.73 Å². The maximum Gasteiger partial charge on any atom is 0.399 e. The largest absolute Gasteiger partial charge is 0.399 e. The van der Waals surface area contributed by atoms with E-state index in [1.165, 1.54) is 0 Å². The minimum Gasteiger partial charge on any atom is -0.387 e. The molecule has 0 amide bonds. The molecule has 0 radical (unpaired) electrons. The smallest absolute Gasteiger partial charge is 0.387 e. The van der Waals surface area contributed by atoms with Crippen LogP contribution in [0.15, 0.2) is 0 Å². The van der Waals surface area contributed by atoms with Gasteiger partial charge in [0.1, 0.15) is 11.8 Å². The second-order valence-electron chi connectivity index (χ2n) is 2.97. The zero-order valence-electron chi connectivity index (χ0n) is 8.43. The van der Waals surface area contributed by atoms with Gasteiger partial charge in [-0.2, -0.15) is 24.9 Å². The van der Waals surface area contributed by atoms with Gasteiger partial charge in [-0.3, -0.25) is 5.41 Å². The number of thioether (sulfide) groups is 1. The molecule has 0 heterocycles. The Kier molecular flexibility index (Phi) is 6.75. The summed E-state index contributed by atoms with van der Waals surface area (Å²) in [5, 5.41) is 6.84. The summed E-state index contributed by atoms with van der Waals surface area (Å²) in [6.07, 6.45) is -3.72. The highest BCUT2D eigenvalue weighted by Gasteiger charge is 2.41. The number of hydrogen-bond donors (Lipinski definition) is 2. The number of methoxy groups -OCH3 is 1. The number of nitrogens with two attached hydrogens (primary N) is 1. The van der Waals surface area contributed by atoms with Crippen molar-refractivity contribution < 1.29 is 17.9 Å². The third-order valence-corrected chi connectivity index (χ3v) is 2.84. The molecule has 0 aliphatic rings. The Morgan fingerprint density at radius 3 is 2.53 bits per heavy atom. The normalized spacial score (nSPS) is 13.9. The van der Waals surface area contributed by atoms with Gasteiger partial charge in [-0.1, -0.05) is 0 Å². The van der Waals surface area contributed by atoms with E-state index in [0.29, 0.717) is 18.8 Å². The van der Waals surface area contributed by atoms with E-state index in [1.807, 2.05) is 0 Å². The topological polar surface area (TPSA) is 59.1 Å². The molecule has 90 valence electrons. The molecule has 0 saturated carbocycles. The highest BCUT2D eigenvalue weighted by molar-refractivity contribution is 7.99. The molecule has 0 rings (SSSR count). The molecule has 0 spiro atoms. The fourth-order valence-corrected chi connectivity index (χ4v) is 1.96. The number of ether oxygens (including phenoxy) is 1. The first-order valence-electron chi connectivity index (χ1n) is 4.37.